The molecule has 0 bridgehead atoms. The van der Waals surface area contributed by atoms with E-state index in [9.17, 15) is 55.9 Å². The predicted octanol–water partition coefficient (Wildman–Crippen LogP) is 5.61. The van der Waals surface area contributed by atoms with E-state index in [1.807, 2.05) is 55.2 Å². The normalized spacial score (nSPS) is 18.6. The molecular formula is C63H71N13O20P2S-2. The van der Waals surface area contributed by atoms with Gasteiger partial charge in [-0.15, -0.1) is 0 Å². The molecule has 0 spiro atoms. The lowest BCUT2D eigenvalue weighted by Crippen LogP contribution is -2.34. The number of carbonyl (C=O) groups excluding carboxylic acids is 3. The molecule has 0 radical (unpaired) electrons. The third kappa shape index (κ3) is 20.7. The molecule has 1 fully saturated rings. The van der Waals surface area contributed by atoms with Crippen LogP contribution in [0.1, 0.15) is 93.1 Å². The number of benzene rings is 4. The first kappa shape index (κ1) is 75.7. The van der Waals surface area contributed by atoms with Crippen LogP contribution in [0.2, 0.25) is 0 Å². The number of allylic oxidation sites excluding steroid dienone is 4. The number of aromatic amines is 1. The molecule has 33 nitrogen and oxygen atoms in total. The standard InChI is InChI=1S/C63H73N13O20P2S/c1-62(2)47-21-10-11-22-50(47)76(44-18-7-5-8-19-44)54(62)24-14-23-53-63(3,4)48-35-46(99(87,88)89)26-27-49(48)74(53)31-12-6-9-25-55(77)67-29-30-68-59(79)42-16-13-20-45(34-42)92-40-57(71-73-65)91-33-32-90-39-56(78)66-28-15-17-43-37-75(61(81)70-60(43)80)58-36-51(93-41-69-72-64)52(95-58)38-94-98(85,86)96-97(82,83)84/h5,7-8,10-11,13-14,16,18-24,26-27,34-35,37,51-52,57-58H,6,9,12,25,28-33,36,38-41H2,1-4H3,(H7-,66,67,68,70,77,78,79,80,81,82,83,84,85,86,87,88,89)/p-2. The topological polar surface area (TPSA) is 468 Å². The van der Waals surface area contributed by atoms with Crippen molar-refractivity contribution in [1.82, 2.24) is 25.5 Å². The summed E-state index contributed by atoms with van der Waals surface area (Å²) in [4.78, 5) is 105. The minimum Gasteiger partial charge on any atom is -0.756 e. The zero-order chi connectivity index (χ0) is 71.5. The lowest BCUT2D eigenvalue weighted by molar-refractivity contribution is -0.438. The maximum absolute atomic E-state index is 13.1. The molecule has 6 unspecified atom stereocenters. The van der Waals surface area contributed by atoms with E-state index in [1.165, 1.54) is 23.8 Å². The molecule has 0 aliphatic carbocycles. The molecule has 99 heavy (non-hydrogen) atoms. The van der Waals surface area contributed by atoms with Crippen LogP contribution >= 0.6 is 15.6 Å². The van der Waals surface area contributed by atoms with Crippen LogP contribution in [-0.2, 0) is 67.4 Å². The summed E-state index contributed by atoms with van der Waals surface area (Å²) in [5.74, 6) is 4.01. The molecule has 0 saturated carbocycles. The number of phosphoric ester groups is 1. The molecule has 5 N–H and O–H groups in total. The van der Waals surface area contributed by atoms with Gasteiger partial charge in [0.15, 0.2) is 11.9 Å². The summed E-state index contributed by atoms with van der Waals surface area (Å²) in [5, 5.41) is 14.8. The van der Waals surface area contributed by atoms with Crippen LogP contribution in [0.5, 0.6) is 5.75 Å². The van der Waals surface area contributed by atoms with Gasteiger partial charge in [0, 0.05) is 94.1 Å². The minimum atomic E-state index is -5.77. The maximum Gasteiger partial charge on any atom is 0.330 e. The van der Waals surface area contributed by atoms with Crippen molar-refractivity contribution in [2.45, 2.75) is 100 Å². The number of anilines is 2. The van der Waals surface area contributed by atoms with Gasteiger partial charge < -0.3 is 68.3 Å². The Morgan fingerprint density at radius 1 is 0.919 bits per heavy atom. The highest BCUT2D eigenvalue weighted by molar-refractivity contribution is 7.85. The third-order valence-corrected chi connectivity index (χ3v) is 18.8. The van der Waals surface area contributed by atoms with Crippen molar-refractivity contribution in [1.29, 1.82) is 0 Å². The van der Waals surface area contributed by atoms with Crippen LogP contribution < -0.4 is 46.6 Å². The smallest absolute Gasteiger partial charge is 0.330 e. The van der Waals surface area contributed by atoms with Gasteiger partial charge in [0.2, 0.25) is 17.5 Å². The molecule has 8 rings (SSSR count). The van der Waals surface area contributed by atoms with Crippen molar-refractivity contribution in [3.63, 3.8) is 0 Å². The Hall–Kier alpha value is -9.09. The van der Waals surface area contributed by atoms with E-state index in [2.05, 4.69) is 116 Å². The number of H-pyrrole nitrogens is 1. The number of azide groups is 2. The predicted molar refractivity (Wildman–Crippen MR) is 351 cm³/mol. The zero-order valence-corrected chi connectivity index (χ0v) is 56.6. The number of rotatable bonds is 34. The van der Waals surface area contributed by atoms with Gasteiger partial charge in [-0.1, -0.05) is 84.5 Å². The number of carbonyl (C=O) groups is 3. The van der Waals surface area contributed by atoms with Crippen LogP contribution in [0, 0.1) is 11.8 Å². The number of nitrogens with one attached hydrogen (secondary N) is 4. The Labute approximate surface area is 567 Å². The number of fused-ring (bicyclic) bond motifs is 2. The Morgan fingerprint density at radius 2 is 1.68 bits per heavy atom. The summed E-state index contributed by atoms with van der Waals surface area (Å²) in [6.45, 7) is 6.38. The summed E-state index contributed by atoms with van der Waals surface area (Å²) in [6, 6.07) is 29.2. The fourth-order valence-electron chi connectivity index (χ4n) is 11.2. The van der Waals surface area contributed by atoms with Crippen LogP contribution in [0.4, 0.5) is 17.1 Å². The molecular weight excluding hydrogens is 1350 g/mol. The van der Waals surface area contributed by atoms with E-state index < -0.39 is 98.9 Å². The number of para-hydroxylation sites is 2. The van der Waals surface area contributed by atoms with Gasteiger partial charge in [-0.2, -0.15) is 4.58 Å². The Balaban J connectivity index is 0.737. The first-order chi connectivity index (χ1) is 47.1. The van der Waals surface area contributed by atoms with Gasteiger partial charge >= 0.3 is 5.69 Å². The summed E-state index contributed by atoms with van der Waals surface area (Å²) < 4.78 is 98.2. The molecule has 1 aromatic heterocycles. The quantitative estimate of drug-likeness (QED) is 0.00488. The summed E-state index contributed by atoms with van der Waals surface area (Å²) >= 11 is 0. The number of unbranched alkanes of at least 4 members (excludes halogenated alkanes) is 2. The Bertz CT molecular complexity index is 4400. The summed E-state index contributed by atoms with van der Waals surface area (Å²) in [5.41, 5.74) is 21.6. The molecule has 3 amide bonds. The summed E-state index contributed by atoms with van der Waals surface area (Å²) in [7, 11) is -16.1. The van der Waals surface area contributed by atoms with Gasteiger partial charge in [-0.25, -0.2) is 17.5 Å². The average Bonchev–Trinajstić information content (AvgIpc) is 1.59. The van der Waals surface area contributed by atoms with Crippen molar-refractivity contribution in [3.8, 4) is 17.6 Å². The number of ether oxygens (including phenoxy) is 5. The highest BCUT2D eigenvalue weighted by Crippen LogP contribution is 2.53. The molecule has 5 aromatic rings. The highest BCUT2D eigenvalue weighted by Gasteiger charge is 2.45. The molecule has 3 aliphatic heterocycles. The van der Waals surface area contributed by atoms with Crippen molar-refractivity contribution < 1.29 is 88.3 Å². The van der Waals surface area contributed by atoms with Gasteiger partial charge in [-0.3, -0.25) is 37.9 Å². The van der Waals surface area contributed by atoms with E-state index in [0.717, 1.165) is 39.2 Å². The lowest BCUT2D eigenvalue weighted by Gasteiger charge is -2.29. The SMILES string of the molecule is CC1(C)C(/C=C/C=C2/N(c3ccccc3)c3ccccc3C2(C)C)=[N+](CCCCCC(=O)NCCNC(=O)c2cccc(OCC(N=[N+]=[N-])OCCOCC(=O)NCC#Cc3cn(C4CC(OCN=[N+]=[N-])C(COP(=O)([O-])OP(=O)([O-])O)O4)c(=O)[nH]c3=O)c2)c2ccc(S(=O)(=O)[O-])cc21. The van der Waals surface area contributed by atoms with Crippen LogP contribution in [0.3, 0.4) is 0 Å². The third-order valence-electron chi connectivity index (χ3n) is 15.9. The number of nitrogens with zero attached hydrogens (tertiary/aromatic N) is 9. The number of phosphoric acid groups is 2. The fraction of sp³-hybridized carbons (Fsp3) is 0.397. The average molecular weight is 1420 g/mol. The van der Waals surface area contributed by atoms with Crippen LogP contribution in [0.15, 0.2) is 152 Å². The van der Waals surface area contributed by atoms with E-state index in [4.69, 9.17) is 39.6 Å². The first-order valence-corrected chi connectivity index (χ1v) is 35.2. The number of aromatic nitrogens is 2. The Kier molecular flexibility index (Phi) is 26.1. The molecule has 1 saturated heterocycles. The van der Waals surface area contributed by atoms with Gasteiger partial charge in [0.25, 0.3) is 27.1 Å². The molecule has 526 valence electrons. The molecule has 4 heterocycles. The van der Waals surface area contributed by atoms with Gasteiger partial charge in [0.1, 0.15) is 60.3 Å². The molecule has 4 aromatic carbocycles. The molecule has 36 heteroatoms. The van der Waals surface area contributed by atoms with Crippen molar-refractivity contribution >= 4 is 66.3 Å². The second-order valence-electron chi connectivity index (χ2n) is 23.4. The number of hydrogen-bond donors (Lipinski definition) is 5. The molecule has 3 aliphatic rings. The van der Waals surface area contributed by atoms with Crippen molar-refractivity contribution in [2.75, 3.05) is 70.8 Å². The second-order valence-corrected chi connectivity index (χ2v) is 27.5. The maximum atomic E-state index is 13.1. The highest BCUT2D eigenvalue weighted by atomic mass is 32.2. The number of hydrogen-bond acceptors (Lipinski definition) is 22. The Morgan fingerprint density at radius 3 is 2.42 bits per heavy atom. The van der Waals surface area contributed by atoms with E-state index >= 15 is 0 Å². The monoisotopic (exact) mass is 1420 g/mol. The van der Waals surface area contributed by atoms with E-state index in [0.29, 0.717) is 31.4 Å². The van der Waals surface area contributed by atoms with Crippen LogP contribution in [0.25, 0.3) is 20.9 Å². The first-order valence-electron chi connectivity index (χ1n) is 30.8. The van der Waals surface area contributed by atoms with Crippen molar-refractivity contribution in [2.24, 2.45) is 10.2 Å². The summed E-state index contributed by atoms with van der Waals surface area (Å²) in [6.07, 6.45) is 4.25. The van der Waals surface area contributed by atoms with Gasteiger partial charge in [0.05, 0.1) is 42.8 Å². The minimum absolute atomic E-state index is 0.119. The van der Waals surface area contributed by atoms with Gasteiger partial charge in [-0.05, 0) is 97.9 Å². The lowest BCUT2D eigenvalue weighted by atomic mass is 9.81. The number of amides is 3. The fourth-order valence-corrected chi connectivity index (χ4v) is 13.3. The zero-order valence-electron chi connectivity index (χ0n) is 54.0. The second kappa shape index (κ2) is 34.1. The van der Waals surface area contributed by atoms with Crippen molar-refractivity contribution in [3.05, 3.63) is 191 Å². The largest absolute Gasteiger partial charge is 0.756 e. The van der Waals surface area contributed by atoms with E-state index in [-0.39, 0.29) is 85.4 Å². The molecule has 6 atom stereocenters. The van der Waals surface area contributed by atoms with E-state index in [1.54, 1.807) is 24.3 Å². The van der Waals surface area contributed by atoms with Crippen LogP contribution in [-0.4, -0.2) is 140 Å².